The van der Waals surface area contributed by atoms with E-state index in [1.54, 1.807) is 13.0 Å². The molecule has 1 nitrogen and oxygen atoms in total. The van der Waals surface area contributed by atoms with Gasteiger partial charge in [0.1, 0.15) is 5.82 Å². The largest absolute Gasteiger partial charge is 0.206 e. The minimum absolute atomic E-state index is 0.150. The van der Waals surface area contributed by atoms with E-state index in [9.17, 15) is 4.39 Å². The number of nitrogens with zero attached hydrogens (tertiary/aromatic N) is 1. The molecule has 1 rings (SSSR count). The van der Waals surface area contributed by atoms with Crippen molar-refractivity contribution in [1.29, 1.82) is 5.26 Å². The van der Waals surface area contributed by atoms with Crippen LogP contribution in [0.3, 0.4) is 0 Å². The summed E-state index contributed by atoms with van der Waals surface area (Å²) < 4.78 is 14.0. The van der Waals surface area contributed by atoms with Gasteiger partial charge in [-0.25, -0.2) is 4.39 Å². The van der Waals surface area contributed by atoms with Crippen molar-refractivity contribution in [3.05, 3.63) is 39.6 Å². The van der Waals surface area contributed by atoms with Crippen LogP contribution in [0, 0.1) is 17.1 Å². The lowest BCUT2D eigenvalue weighted by molar-refractivity contribution is 0.623. The van der Waals surface area contributed by atoms with Crippen molar-refractivity contribution in [2.24, 2.45) is 0 Å². The normalized spacial score (nSPS) is 11.9. The van der Waals surface area contributed by atoms with Crippen LogP contribution in [0.25, 0.3) is 5.03 Å². The average molecular weight is 275 g/mol. The lowest BCUT2D eigenvalue weighted by Gasteiger charge is -2.02. The lowest BCUT2D eigenvalue weighted by Crippen LogP contribution is -1.87. The Labute approximate surface area is 94.9 Å². The molecule has 0 fully saturated rings. The molecule has 0 aromatic heterocycles. The van der Waals surface area contributed by atoms with Gasteiger partial charge >= 0.3 is 0 Å². The lowest BCUT2D eigenvalue weighted by atomic mass is 10.1. The molecule has 0 amide bonds. The van der Waals surface area contributed by atoms with E-state index in [2.05, 4.69) is 15.9 Å². The number of hydrogen-bond acceptors (Lipinski definition) is 1. The maximum absolute atomic E-state index is 13.3. The fraction of sp³-hybridized carbons (Fsp3) is 0.100. The van der Waals surface area contributed by atoms with Crippen LogP contribution >= 0.6 is 27.5 Å². The van der Waals surface area contributed by atoms with Crippen LogP contribution in [0.2, 0.25) is 0 Å². The van der Waals surface area contributed by atoms with Crippen molar-refractivity contribution in [1.82, 2.24) is 0 Å². The Kier molecular flexibility index (Phi) is 3.68. The van der Waals surface area contributed by atoms with E-state index < -0.39 is 5.82 Å². The van der Waals surface area contributed by atoms with E-state index in [-0.39, 0.29) is 10.6 Å². The van der Waals surface area contributed by atoms with Gasteiger partial charge in [-0.2, -0.15) is 5.26 Å². The molecule has 0 atom stereocenters. The van der Waals surface area contributed by atoms with Crippen molar-refractivity contribution in [2.75, 3.05) is 0 Å². The van der Waals surface area contributed by atoms with Crippen molar-refractivity contribution in [2.45, 2.75) is 6.92 Å². The molecule has 0 aliphatic carbocycles. The van der Waals surface area contributed by atoms with Gasteiger partial charge in [0.05, 0.1) is 11.1 Å². The monoisotopic (exact) mass is 273 g/mol. The molecule has 0 saturated carbocycles. The van der Waals surface area contributed by atoms with Gasteiger partial charge in [-0.15, -0.1) is 0 Å². The molecule has 0 saturated heterocycles. The first-order valence-electron chi connectivity index (χ1n) is 3.78. The summed E-state index contributed by atoms with van der Waals surface area (Å²) in [6.45, 7) is 1.55. The number of hydrogen-bond donors (Lipinski definition) is 0. The molecule has 0 spiro atoms. The van der Waals surface area contributed by atoms with E-state index in [4.69, 9.17) is 16.9 Å². The van der Waals surface area contributed by atoms with Crippen LogP contribution in [0.1, 0.15) is 12.5 Å². The van der Waals surface area contributed by atoms with Crippen molar-refractivity contribution >= 4 is 32.6 Å². The number of benzene rings is 1. The smallest absolute Gasteiger partial charge is 0.133 e. The molecule has 0 aliphatic rings. The summed E-state index contributed by atoms with van der Waals surface area (Å²) in [5.41, 5.74) is 0.543. The summed E-state index contributed by atoms with van der Waals surface area (Å²) in [4.78, 5) is 0. The highest BCUT2D eigenvalue weighted by atomic mass is 79.9. The molecular formula is C10H6BrClFN. The third-order valence-electron chi connectivity index (χ3n) is 1.66. The molecule has 14 heavy (non-hydrogen) atoms. The summed E-state index contributed by atoms with van der Waals surface area (Å²) in [6, 6.07) is 6.38. The third-order valence-corrected chi connectivity index (χ3v) is 2.64. The van der Waals surface area contributed by atoms with Crippen LogP contribution in [-0.4, -0.2) is 0 Å². The van der Waals surface area contributed by atoms with Gasteiger partial charge in [0.2, 0.25) is 0 Å². The van der Waals surface area contributed by atoms with Crippen LogP contribution < -0.4 is 0 Å². The number of allylic oxidation sites excluding steroid dienone is 1. The molecule has 0 unspecified atom stereocenters. The first-order chi connectivity index (χ1) is 6.56. The fourth-order valence-corrected chi connectivity index (χ4v) is 1.45. The average Bonchev–Trinajstić information content (AvgIpc) is 2.15. The molecule has 0 N–H and O–H groups in total. The second kappa shape index (κ2) is 4.59. The summed E-state index contributed by atoms with van der Waals surface area (Å²) in [6.07, 6.45) is 0. The van der Waals surface area contributed by atoms with Crippen molar-refractivity contribution < 1.29 is 4.39 Å². The van der Waals surface area contributed by atoms with Gasteiger partial charge in [0.25, 0.3) is 0 Å². The summed E-state index contributed by atoms with van der Waals surface area (Å²) in [7, 11) is 0. The van der Waals surface area contributed by atoms with Crippen LogP contribution in [0.5, 0.6) is 0 Å². The van der Waals surface area contributed by atoms with E-state index >= 15 is 0 Å². The molecule has 4 heteroatoms. The minimum atomic E-state index is -0.445. The second-order valence-electron chi connectivity index (χ2n) is 2.67. The van der Waals surface area contributed by atoms with Crippen molar-refractivity contribution in [3.63, 3.8) is 0 Å². The predicted octanol–water partition coefficient (Wildman–Crippen LogP) is 4.08. The molecule has 0 radical (unpaired) electrons. The molecule has 0 heterocycles. The van der Waals surface area contributed by atoms with E-state index in [1.165, 1.54) is 12.1 Å². The molecule has 0 bridgehead atoms. The highest BCUT2D eigenvalue weighted by molar-refractivity contribution is 9.10. The predicted molar refractivity (Wildman–Crippen MR) is 58.2 cm³/mol. The van der Waals surface area contributed by atoms with Gasteiger partial charge in [-0.05, 0) is 25.1 Å². The molecular weight excluding hydrogens is 268 g/mol. The molecule has 1 aromatic carbocycles. The van der Waals surface area contributed by atoms with E-state index in [0.29, 0.717) is 10.0 Å². The summed E-state index contributed by atoms with van der Waals surface area (Å²) in [5.74, 6) is -0.445. The maximum atomic E-state index is 13.3. The molecule has 72 valence electrons. The zero-order valence-electron chi connectivity index (χ0n) is 7.31. The van der Waals surface area contributed by atoms with Gasteiger partial charge in [0.15, 0.2) is 0 Å². The quantitative estimate of drug-likeness (QED) is 0.708. The number of nitriles is 1. The fourth-order valence-electron chi connectivity index (χ4n) is 0.919. The highest BCUT2D eigenvalue weighted by Gasteiger charge is 2.08. The first-order valence-corrected chi connectivity index (χ1v) is 4.95. The van der Waals surface area contributed by atoms with Crippen molar-refractivity contribution in [3.8, 4) is 6.07 Å². The summed E-state index contributed by atoms with van der Waals surface area (Å²) in [5, 5.41) is 8.74. The minimum Gasteiger partial charge on any atom is -0.206 e. The SMILES string of the molecule is CC(C#N)=C(Cl)c1ccc(Br)cc1F. The zero-order valence-corrected chi connectivity index (χ0v) is 9.66. The highest BCUT2D eigenvalue weighted by Crippen LogP contribution is 2.27. The first kappa shape index (κ1) is 11.2. The van der Waals surface area contributed by atoms with E-state index in [0.717, 1.165) is 0 Å². The zero-order chi connectivity index (χ0) is 10.7. The Morgan fingerprint density at radius 2 is 2.21 bits per heavy atom. The Morgan fingerprint density at radius 1 is 1.57 bits per heavy atom. The van der Waals surface area contributed by atoms with Gasteiger partial charge in [-0.3, -0.25) is 0 Å². The second-order valence-corrected chi connectivity index (χ2v) is 3.97. The van der Waals surface area contributed by atoms with Gasteiger partial charge in [-0.1, -0.05) is 27.5 Å². The van der Waals surface area contributed by atoms with Crippen LogP contribution in [0.15, 0.2) is 28.2 Å². The Hall–Kier alpha value is -0.850. The Bertz CT molecular complexity index is 434. The Morgan fingerprint density at radius 3 is 2.71 bits per heavy atom. The van der Waals surface area contributed by atoms with E-state index in [1.807, 2.05) is 6.07 Å². The van der Waals surface area contributed by atoms with Crippen LogP contribution in [0.4, 0.5) is 4.39 Å². The van der Waals surface area contributed by atoms with Gasteiger partial charge in [0, 0.05) is 15.6 Å². The number of rotatable bonds is 1. The summed E-state index contributed by atoms with van der Waals surface area (Å²) >= 11 is 8.95. The molecule has 1 aromatic rings. The third kappa shape index (κ3) is 2.34. The maximum Gasteiger partial charge on any atom is 0.133 e. The van der Waals surface area contributed by atoms with Gasteiger partial charge < -0.3 is 0 Å². The topological polar surface area (TPSA) is 23.8 Å². The number of halogens is 3. The molecule has 0 aliphatic heterocycles. The Balaban J connectivity index is 3.29. The van der Waals surface area contributed by atoms with Crippen LogP contribution in [-0.2, 0) is 0 Å². The standard InChI is InChI=1S/C10H6BrClFN/c1-6(5-14)10(12)8-3-2-7(11)4-9(8)13/h2-4H,1H3.